The number of hydrogen-bond donors (Lipinski definition) is 6. The molecule has 7 heteroatoms. The summed E-state index contributed by atoms with van der Waals surface area (Å²) in [5.74, 6) is -0.653. The number of nitrogens with one attached hydrogen (secondary N) is 2. The van der Waals surface area contributed by atoms with Crippen molar-refractivity contribution in [2.45, 2.75) is 116 Å². The van der Waals surface area contributed by atoms with Gasteiger partial charge < -0.3 is 31.1 Å². The summed E-state index contributed by atoms with van der Waals surface area (Å²) in [6.45, 7) is 6.10. The van der Waals surface area contributed by atoms with Crippen molar-refractivity contribution in [1.82, 2.24) is 10.6 Å². The number of hydrogen-bond acceptors (Lipinski definition) is 6. The number of carboxylic acid groups (broad SMARTS) is 1. The molecular weight excluding hydrogens is 408 g/mol. The van der Waals surface area contributed by atoms with E-state index in [1.807, 2.05) is 0 Å². The van der Waals surface area contributed by atoms with Crippen LogP contribution in [0, 0.1) is 0 Å². The summed E-state index contributed by atoms with van der Waals surface area (Å²) in [7, 11) is 0. The van der Waals surface area contributed by atoms with E-state index >= 15 is 0 Å². The van der Waals surface area contributed by atoms with E-state index in [9.17, 15) is 4.79 Å². The van der Waals surface area contributed by atoms with Crippen molar-refractivity contribution in [3.63, 3.8) is 0 Å². The summed E-state index contributed by atoms with van der Waals surface area (Å²) in [6, 6.07) is 0. The smallest absolute Gasteiger partial charge is 0.303 e. The van der Waals surface area contributed by atoms with Crippen LogP contribution in [0.5, 0.6) is 0 Å². The minimum Gasteiger partial charge on any atom is -0.481 e. The van der Waals surface area contributed by atoms with E-state index in [0.29, 0.717) is 6.42 Å². The predicted octanol–water partition coefficient (Wildman–Crippen LogP) is 3.84. The number of aliphatic hydroxyl groups is 3. The lowest BCUT2D eigenvalue weighted by Gasteiger charge is -2.11. The Balaban J connectivity index is 0. The van der Waals surface area contributed by atoms with Crippen LogP contribution >= 0.6 is 0 Å². The molecule has 0 spiro atoms. The predicted molar refractivity (Wildman–Crippen MR) is 133 cm³/mol. The molecule has 0 radical (unpaired) electrons. The van der Waals surface area contributed by atoms with Gasteiger partial charge in [-0.2, -0.15) is 0 Å². The van der Waals surface area contributed by atoms with Crippen LogP contribution < -0.4 is 10.6 Å². The van der Waals surface area contributed by atoms with Crippen LogP contribution in [0.4, 0.5) is 0 Å². The summed E-state index contributed by atoms with van der Waals surface area (Å²) in [5, 5.41) is 39.0. The van der Waals surface area contributed by atoms with Gasteiger partial charge in [-0.25, -0.2) is 0 Å². The maximum atomic E-state index is 10.3. The molecule has 1 rings (SSSR count). The first-order chi connectivity index (χ1) is 15.6. The van der Waals surface area contributed by atoms with Crippen molar-refractivity contribution in [1.29, 1.82) is 0 Å². The normalized spacial score (nSPS) is 13.2. The summed E-state index contributed by atoms with van der Waals surface area (Å²) in [4.78, 5) is 10.3. The van der Waals surface area contributed by atoms with E-state index in [4.69, 9.17) is 20.4 Å². The zero-order chi connectivity index (χ0) is 24.1. The first kappa shape index (κ1) is 33.4. The Labute approximate surface area is 197 Å². The molecular formula is C25H54N2O5. The van der Waals surface area contributed by atoms with E-state index < -0.39 is 12.1 Å². The van der Waals surface area contributed by atoms with Gasteiger partial charge in [0, 0.05) is 32.6 Å². The molecule has 1 fully saturated rings. The highest BCUT2D eigenvalue weighted by Gasteiger charge is 1.97. The summed E-state index contributed by atoms with van der Waals surface area (Å²) >= 11 is 0. The SMILES string of the molecule is C1CNCCN1.CCCCCCCCCCCCCCCCCC(=O)O.OCC(O)CO. The van der Waals surface area contributed by atoms with Crippen LogP contribution in [0.2, 0.25) is 0 Å². The topological polar surface area (TPSA) is 122 Å². The molecule has 7 nitrogen and oxygen atoms in total. The molecule has 32 heavy (non-hydrogen) atoms. The van der Waals surface area contributed by atoms with Crippen LogP contribution in [0.3, 0.4) is 0 Å². The van der Waals surface area contributed by atoms with E-state index in [1.54, 1.807) is 0 Å². The average molecular weight is 463 g/mol. The van der Waals surface area contributed by atoms with Crippen LogP contribution in [-0.4, -0.2) is 71.9 Å². The molecule has 0 saturated carbocycles. The zero-order valence-corrected chi connectivity index (χ0v) is 20.8. The molecule has 0 aromatic carbocycles. The first-order valence-corrected chi connectivity index (χ1v) is 13.1. The Hall–Kier alpha value is -0.730. The second kappa shape index (κ2) is 30.3. The Morgan fingerprint density at radius 3 is 1.19 bits per heavy atom. The fraction of sp³-hybridized carbons (Fsp3) is 0.960. The highest BCUT2D eigenvalue weighted by Crippen LogP contribution is 2.13. The van der Waals surface area contributed by atoms with Crippen LogP contribution in [0.1, 0.15) is 110 Å². The van der Waals surface area contributed by atoms with Crippen molar-refractivity contribution < 1.29 is 25.2 Å². The highest BCUT2D eigenvalue weighted by atomic mass is 16.4. The number of aliphatic hydroxyl groups excluding tert-OH is 3. The van der Waals surface area contributed by atoms with Gasteiger partial charge >= 0.3 is 5.97 Å². The molecule has 1 aliphatic heterocycles. The molecule has 0 atom stereocenters. The minimum absolute atomic E-state index is 0.345. The number of aliphatic carboxylic acids is 1. The molecule has 6 N–H and O–H groups in total. The van der Waals surface area contributed by atoms with Gasteiger partial charge in [0.25, 0.3) is 0 Å². The van der Waals surface area contributed by atoms with E-state index in [2.05, 4.69) is 17.6 Å². The zero-order valence-electron chi connectivity index (χ0n) is 20.8. The number of carboxylic acids is 1. The van der Waals surface area contributed by atoms with Gasteiger partial charge in [-0.05, 0) is 6.42 Å². The van der Waals surface area contributed by atoms with Gasteiger partial charge in [0.2, 0.25) is 0 Å². The largest absolute Gasteiger partial charge is 0.481 e. The summed E-state index contributed by atoms with van der Waals surface area (Å²) < 4.78 is 0. The lowest BCUT2D eigenvalue weighted by atomic mass is 10.0. The van der Waals surface area contributed by atoms with Crippen molar-refractivity contribution in [2.24, 2.45) is 0 Å². The third-order valence-corrected chi connectivity index (χ3v) is 5.37. The van der Waals surface area contributed by atoms with Crippen LogP contribution in [0.25, 0.3) is 0 Å². The molecule has 0 aliphatic carbocycles. The van der Waals surface area contributed by atoms with Crippen LogP contribution in [-0.2, 0) is 4.79 Å². The minimum atomic E-state index is -0.954. The van der Waals surface area contributed by atoms with Gasteiger partial charge in [-0.15, -0.1) is 0 Å². The number of rotatable bonds is 18. The number of carbonyl (C=O) groups is 1. The Kier molecular flexibility index (Phi) is 31.6. The first-order valence-electron chi connectivity index (χ1n) is 13.1. The maximum absolute atomic E-state index is 10.3. The van der Waals surface area contributed by atoms with Gasteiger partial charge in [0.1, 0.15) is 6.10 Å². The fourth-order valence-electron chi connectivity index (χ4n) is 3.31. The second-order valence-electron chi connectivity index (χ2n) is 8.61. The molecule has 1 heterocycles. The third-order valence-electron chi connectivity index (χ3n) is 5.37. The quantitative estimate of drug-likeness (QED) is 0.171. The van der Waals surface area contributed by atoms with Gasteiger partial charge in [-0.1, -0.05) is 96.8 Å². The molecule has 0 aromatic heterocycles. The van der Waals surface area contributed by atoms with Gasteiger partial charge in [0.05, 0.1) is 13.2 Å². The highest BCUT2D eigenvalue weighted by molar-refractivity contribution is 5.66. The lowest BCUT2D eigenvalue weighted by molar-refractivity contribution is -0.137. The molecule has 0 unspecified atom stereocenters. The monoisotopic (exact) mass is 462 g/mol. The van der Waals surface area contributed by atoms with Crippen molar-refractivity contribution >= 4 is 5.97 Å². The molecule has 0 amide bonds. The van der Waals surface area contributed by atoms with E-state index in [-0.39, 0.29) is 13.2 Å². The number of unbranched alkanes of at least 4 members (excludes halogenated alkanes) is 14. The van der Waals surface area contributed by atoms with E-state index in [0.717, 1.165) is 39.0 Å². The Bertz CT molecular complexity index is 340. The fourth-order valence-corrected chi connectivity index (χ4v) is 3.31. The second-order valence-corrected chi connectivity index (χ2v) is 8.61. The molecule has 1 saturated heterocycles. The van der Waals surface area contributed by atoms with Crippen molar-refractivity contribution in [3.8, 4) is 0 Å². The van der Waals surface area contributed by atoms with Gasteiger partial charge in [-0.3, -0.25) is 4.79 Å². The average Bonchev–Trinajstić information content (AvgIpc) is 2.82. The standard InChI is InChI=1S/C18H36O2.C4H10N2.C3H8O3/c1-2-3-4-5-6-7-8-9-10-11-12-13-14-15-16-17-18(19)20;1-2-6-4-3-5-1;4-1-3(6)2-5/h2-17H2,1H3,(H,19,20);5-6H,1-4H2;3-6H,1-2H2. The molecule has 194 valence electrons. The lowest BCUT2D eigenvalue weighted by Crippen LogP contribution is -2.39. The molecule has 0 bridgehead atoms. The molecule has 1 aliphatic rings. The van der Waals surface area contributed by atoms with Crippen molar-refractivity contribution in [3.05, 3.63) is 0 Å². The summed E-state index contributed by atoms with van der Waals surface area (Å²) in [6.07, 6.45) is 19.2. The van der Waals surface area contributed by atoms with Crippen LogP contribution in [0.15, 0.2) is 0 Å². The Morgan fingerprint density at radius 2 is 0.969 bits per heavy atom. The summed E-state index contributed by atoms with van der Waals surface area (Å²) in [5.41, 5.74) is 0. The third kappa shape index (κ3) is 33.9. The number of piperazine rings is 1. The van der Waals surface area contributed by atoms with Gasteiger partial charge in [0.15, 0.2) is 0 Å². The van der Waals surface area contributed by atoms with Crippen molar-refractivity contribution in [2.75, 3.05) is 39.4 Å². The maximum Gasteiger partial charge on any atom is 0.303 e. The Morgan fingerprint density at radius 1 is 0.656 bits per heavy atom. The van der Waals surface area contributed by atoms with E-state index in [1.165, 1.54) is 83.5 Å². The molecule has 0 aromatic rings.